The average Bonchev–Trinajstić information content (AvgIpc) is 2.84. The van der Waals surface area contributed by atoms with Gasteiger partial charge in [-0.3, -0.25) is 4.79 Å². The molecule has 2 bridgehead atoms. The average molecular weight is 288 g/mol. The fourth-order valence-electron chi connectivity index (χ4n) is 3.78. The van der Waals surface area contributed by atoms with Gasteiger partial charge in [-0.25, -0.2) is 0 Å². The lowest BCUT2D eigenvalue weighted by Gasteiger charge is -2.29. The van der Waals surface area contributed by atoms with Crippen LogP contribution in [0.3, 0.4) is 0 Å². The standard InChI is InChI=1S/C17H24N2O2/c20-11-16(13-4-2-1-3-5-13)19-17(21)10-12-8-14-6-7-15(9-12)18-14/h1-5,12,14-16,18,20H,6-11H2,(H,19,21). The van der Waals surface area contributed by atoms with E-state index in [1.807, 2.05) is 30.3 Å². The van der Waals surface area contributed by atoms with Gasteiger partial charge in [0.05, 0.1) is 12.6 Å². The van der Waals surface area contributed by atoms with Crippen LogP contribution in [0.2, 0.25) is 0 Å². The Balaban J connectivity index is 1.53. The van der Waals surface area contributed by atoms with Crippen LogP contribution < -0.4 is 10.6 Å². The third-order valence-electron chi connectivity index (χ3n) is 4.76. The van der Waals surface area contributed by atoms with Gasteiger partial charge in [0, 0.05) is 18.5 Å². The second-order valence-electron chi connectivity index (χ2n) is 6.39. The second-order valence-corrected chi connectivity index (χ2v) is 6.39. The molecule has 2 saturated heterocycles. The summed E-state index contributed by atoms with van der Waals surface area (Å²) in [6.45, 7) is -0.0623. The molecule has 3 N–H and O–H groups in total. The molecule has 3 atom stereocenters. The number of aliphatic hydroxyl groups excluding tert-OH is 1. The normalized spacial score (nSPS) is 29.1. The van der Waals surface area contributed by atoms with Crippen molar-refractivity contribution in [2.75, 3.05) is 6.61 Å². The summed E-state index contributed by atoms with van der Waals surface area (Å²) in [7, 11) is 0. The first-order chi connectivity index (χ1) is 10.2. The third-order valence-corrected chi connectivity index (χ3v) is 4.76. The Kier molecular flexibility index (Phi) is 4.56. The maximum absolute atomic E-state index is 12.2. The molecule has 3 rings (SSSR count). The lowest BCUT2D eigenvalue weighted by Crippen LogP contribution is -2.40. The van der Waals surface area contributed by atoms with Crippen LogP contribution in [0, 0.1) is 5.92 Å². The fourth-order valence-corrected chi connectivity index (χ4v) is 3.78. The van der Waals surface area contributed by atoms with Gasteiger partial charge in [-0.1, -0.05) is 30.3 Å². The number of nitrogens with one attached hydrogen (secondary N) is 2. The van der Waals surface area contributed by atoms with Crippen molar-refractivity contribution in [2.45, 2.75) is 50.2 Å². The van der Waals surface area contributed by atoms with E-state index in [1.165, 1.54) is 12.8 Å². The summed E-state index contributed by atoms with van der Waals surface area (Å²) in [5.41, 5.74) is 0.957. The van der Waals surface area contributed by atoms with Crippen molar-refractivity contribution in [3.8, 4) is 0 Å². The van der Waals surface area contributed by atoms with Gasteiger partial charge in [0.2, 0.25) is 5.91 Å². The minimum atomic E-state index is -0.294. The Labute approximate surface area is 125 Å². The van der Waals surface area contributed by atoms with E-state index in [9.17, 15) is 9.90 Å². The molecule has 0 aliphatic carbocycles. The zero-order valence-corrected chi connectivity index (χ0v) is 12.3. The highest BCUT2D eigenvalue weighted by Crippen LogP contribution is 2.32. The zero-order chi connectivity index (χ0) is 14.7. The van der Waals surface area contributed by atoms with E-state index in [0.29, 0.717) is 24.4 Å². The van der Waals surface area contributed by atoms with Crippen molar-refractivity contribution in [3.05, 3.63) is 35.9 Å². The minimum absolute atomic E-state index is 0.0594. The van der Waals surface area contributed by atoms with Crippen LogP contribution in [0.4, 0.5) is 0 Å². The number of hydrogen-bond acceptors (Lipinski definition) is 3. The summed E-state index contributed by atoms with van der Waals surface area (Å²) < 4.78 is 0. The van der Waals surface area contributed by atoms with Gasteiger partial charge >= 0.3 is 0 Å². The monoisotopic (exact) mass is 288 g/mol. The number of fused-ring (bicyclic) bond motifs is 2. The van der Waals surface area contributed by atoms with Crippen LogP contribution in [-0.2, 0) is 4.79 Å². The first-order valence-electron chi connectivity index (χ1n) is 7.96. The first kappa shape index (κ1) is 14.5. The molecule has 114 valence electrons. The number of amides is 1. The Bertz CT molecular complexity index is 465. The van der Waals surface area contributed by atoms with Crippen LogP contribution in [0.1, 0.15) is 43.7 Å². The summed E-state index contributed by atoms with van der Waals surface area (Å²) in [5, 5.41) is 16.1. The molecular weight excluding hydrogens is 264 g/mol. The number of aliphatic hydroxyl groups is 1. The molecule has 0 saturated carbocycles. The number of hydrogen-bond donors (Lipinski definition) is 3. The van der Waals surface area contributed by atoms with Crippen molar-refractivity contribution in [1.82, 2.24) is 10.6 Å². The molecule has 4 heteroatoms. The molecular formula is C17H24N2O2. The van der Waals surface area contributed by atoms with Crippen molar-refractivity contribution in [3.63, 3.8) is 0 Å². The van der Waals surface area contributed by atoms with Crippen molar-refractivity contribution >= 4 is 5.91 Å². The molecule has 21 heavy (non-hydrogen) atoms. The summed E-state index contributed by atoms with van der Waals surface area (Å²) in [5.74, 6) is 0.545. The predicted molar refractivity (Wildman–Crippen MR) is 81.7 cm³/mol. The molecule has 2 aliphatic rings. The Morgan fingerprint density at radius 3 is 2.52 bits per heavy atom. The molecule has 0 radical (unpaired) electrons. The summed E-state index contributed by atoms with van der Waals surface area (Å²) in [6.07, 6.45) is 5.31. The molecule has 4 nitrogen and oxygen atoms in total. The van der Waals surface area contributed by atoms with E-state index in [0.717, 1.165) is 18.4 Å². The van der Waals surface area contributed by atoms with E-state index in [1.54, 1.807) is 0 Å². The molecule has 2 fully saturated rings. The highest BCUT2D eigenvalue weighted by molar-refractivity contribution is 5.76. The van der Waals surface area contributed by atoms with Gasteiger partial charge in [-0.15, -0.1) is 0 Å². The quantitative estimate of drug-likeness (QED) is 0.773. The SMILES string of the molecule is O=C(CC1CC2CCC(C1)N2)NC(CO)c1ccccc1. The van der Waals surface area contributed by atoms with Gasteiger partial charge in [-0.05, 0) is 37.2 Å². The van der Waals surface area contributed by atoms with Crippen molar-refractivity contribution in [2.24, 2.45) is 5.92 Å². The predicted octanol–water partition coefficient (Wildman–Crippen LogP) is 1.76. The van der Waals surface area contributed by atoms with Gasteiger partial charge in [0.25, 0.3) is 0 Å². The lowest BCUT2D eigenvalue weighted by molar-refractivity contribution is -0.123. The molecule has 3 unspecified atom stereocenters. The maximum Gasteiger partial charge on any atom is 0.220 e. The molecule has 1 amide bonds. The number of benzene rings is 1. The van der Waals surface area contributed by atoms with Crippen LogP contribution in [-0.4, -0.2) is 29.7 Å². The highest BCUT2D eigenvalue weighted by Gasteiger charge is 2.34. The first-order valence-corrected chi connectivity index (χ1v) is 7.96. The molecule has 2 aliphatic heterocycles. The number of carbonyl (C=O) groups is 1. The van der Waals surface area contributed by atoms with Crippen LogP contribution in [0.15, 0.2) is 30.3 Å². The molecule has 0 spiro atoms. The smallest absolute Gasteiger partial charge is 0.220 e. The van der Waals surface area contributed by atoms with Crippen molar-refractivity contribution in [1.29, 1.82) is 0 Å². The number of piperidine rings is 1. The zero-order valence-electron chi connectivity index (χ0n) is 12.3. The van der Waals surface area contributed by atoms with E-state index in [4.69, 9.17) is 0 Å². The van der Waals surface area contributed by atoms with E-state index in [2.05, 4.69) is 10.6 Å². The van der Waals surface area contributed by atoms with E-state index < -0.39 is 0 Å². The van der Waals surface area contributed by atoms with E-state index >= 15 is 0 Å². The summed E-state index contributed by atoms with van der Waals surface area (Å²) in [4.78, 5) is 12.2. The highest BCUT2D eigenvalue weighted by atomic mass is 16.3. The maximum atomic E-state index is 12.2. The van der Waals surface area contributed by atoms with Crippen LogP contribution in [0.25, 0.3) is 0 Å². The van der Waals surface area contributed by atoms with Gasteiger partial charge in [0.15, 0.2) is 0 Å². The summed E-state index contributed by atoms with van der Waals surface area (Å²) in [6, 6.07) is 10.6. The van der Waals surface area contributed by atoms with Crippen molar-refractivity contribution < 1.29 is 9.90 Å². The largest absolute Gasteiger partial charge is 0.394 e. The van der Waals surface area contributed by atoms with Crippen LogP contribution in [0.5, 0.6) is 0 Å². The fraction of sp³-hybridized carbons (Fsp3) is 0.588. The summed E-state index contributed by atoms with van der Waals surface area (Å²) >= 11 is 0. The lowest BCUT2D eigenvalue weighted by atomic mass is 9.89. The van der Waals surface area contributed by atoms with Gasteiger partial charge < -0.3 is 15.7 Å². The molecule has 1 aromatic carbocycles. The Hall–Kier alpha value is -1.39. The Morgan fingerprint density at radius 2 is 1.90 bits per heavy atom. The molecule has 1 aromatic rings. The Morgan fingerprint density at radius 1 is 1.24 bits per heavy atom. The topological polar surface area (TPSA) is 61.4 Å². The molecule has 2 heterocycles. The van der Waals surface area contributed by atoms with Gasteiger partial charge in [0.1, 0.15) is 0 Å². The second kappa shape index (κ2) is 6.58. The van der Waals surface area contributed by atoms with Gasteiger partial charge in [-0.2, -0.15) is 0 Å². The van der Waals surface area contributed by atoms with E-state index in [-0.39, 0.29) is 18.6 Å². The van der Waals surface area contributed by atoms with Crippen LogP contribution >= 0.6 is 0 Å². The number of rotatable bonds is 5. The minimum Gasteiger partial charge on any atom is -0.394 e. The third kappa shape index (κ3) is 3.63. The molecule has 0 aromatic heterocycles. The number of carbonyl (C=O) groups excluding carboxylic acids is 1.